The van der Waals surface area contributed by atoms with E-state index in [1.807, 2.05) is 13.8 Å². The van der Waals surface area contributed by atoms with E-state index in [1.54, 1.807) is 0 Å². The lowest BCUT2D eigenvalue weighted by Gasteiger charge is -2.32. The number of likely N-dealkylation sites (N-methyl/N-ethyl adjacent to an activating group) is 1. The minimum absolute atomic E-state index is 0.0521. The van der Waals surface area contributed by atoms with Crippen molar-refractivity contribution in [1.29, 1.82) is 0 Å². The van der Waals surface area contributed by atoms with Crippen LogP contribution in [0.1, 0.15) is 48.0 Å². The van der Waals surface area contributed by atoms with Gasteiger partial charge in [0.15, 0.2) is 0 Å². The highest BCUT2D eigenvalue weighted by atomic mass is 16.2. The van der Waals surface area contributed by atoms with Crippen LogP contribution < -0.4 is 11.1 Å². The summed E-state index contributed by atoms with van der Waals surface area (Å²) in [6.07, 6.45) is 0.930. The molecular weight excluding hydrogens is 226 g/mol. The predicted molar refractivity (Wildman–Crippen MR) is 77.5 cm³/mol. The number of hydrogen-bond acceptors (Lipinski definition) is 3. The van der Waals surface area contributed by atoms with E-state index in [1.165, 1.54) is 0 Å². The molecule has 0 radical (unpaired) electrons. The van der Waals surface area contributed by atoms with E-state index < -0.39 is 0 Å². The molecule has 18 heavy (non-hydrogen) atoms. The number of amides is 1. The van der Waals surface area contributed by atoms with Crippen LogP contribution in [-0.2, 0) is 4.79 Å². The van der Waals surface area contributed by atoms with Crippen molar-refractivity contribution in [3.05, 3.63) is 0 Å². The van der Waals surface area contributed by atoms with Crippen molar-refractivity contribution in [3.8, 4) is 0 Å². The van der Waals surface area contributed by atoms with Gasteiger partial charge >= 0.3 is 0 Å². The molecule has 0 unspecified atom stereocenters. The Morgan fingerprint density at radius 1 is 1.22 bits per heavy atom. The molecule has 3 N–H and O–H groups in total. The van der Waals surface area contributed by atoms with Crippen LogP contribution in [0.15, 0.2) is 0 Å². The number of hydrogen-bond donors (Lipinski definition) is 2. The maximum absolute atomic E-state index is 12.0. The molecule has 0 aliphatic rings. The molecule has 0 rings (SSSR count). The molecule has 0 heterocycles. The second kappa shape index (κ2) is 7.10. The Labute approximate surface area is 112 Å². The predicted octanol–water partition coefficient (Wildman–Crippen LogP) is 1.60. The normalized spacial score (nSPS) is 12.9. The molecular formula is C14H31N3O. The zero-order valence-electron chi connectivity index (χ0n) is 13.0. The summed E-state index contributed by atoms with van der Waals surface area (Å²) in [4.78, 5) is 14.1. The number of nitrogens with one attached hydrogen (secondary N) is 1. The van der Waals surface area contributed by atoms with Crippen molar-refractivity contribution in [2.45, 2.75) is 53.5 Å². The van der Waals surface area contributed by atoms with E-state index in [4.69, 9.17) is 5.73 Å². The fourth-order valence-electron chi connectivity index (χ4n) is 1.66. The highest BCUT2D eigenvalue weighted by Gasteiger charge is 2.23. The first-order valence-electron chi connectivity index (χ1n) is 6.89. The molecule has 0 aromatic carbocycles. The van der Waals surface area contributed by atoms with Crippen molar-refractivity contribution in [3.63, 3.8) is 0 Å². The number of carbonyl (C=O) groups excluding carboxylic acids is 1. The molecule has 0 saturated carbocycles. The van der Waals surface area contributed by atoms with Crippen LogP contribution in [0.25, 0.3) is 0 Å². The summed E-state index contributed by atoms with van der Waals surface area (Å²) < 4.78 is 0. The third kappa shape index (κ3) is 6.97. The Morgan fingerprint density at radius 2 is 1.78 bits per heavy atom. The number of rotatable bonds is 8. The van der Waals surface area contributed by atoms with Crippen LogP contribution in [0.3, 0.4) is 0 Å². The van der Waals surface area contributed by atoms with Crippen LogP contribution >= 0.6 is 0 Å². The summed E-state index contributed by atoms with van der Waals surface area (Å²) in [5.74, 6) is 0.0940. The lowest BCUT2D eigenvalue weighted by molar-refractivity contribution is -0.124. The van der Waals surface area contributed by atoms with Gasteiger partial charge in [-0.05, 0) is 38.8 Å². The average Bonchev–Trinajstić information content (AvgIpc) is 2.27. The molecule has 0 saturated heterocycles. The molecule has 4 nitrogen and oxygen atoms in total. The van der Waals surface area contributed by atoms with Crippen molar-refractivity contribution < 1.29 is 4.79 Å². The highest BCUT2D eigenvalue weighted by Crippen LogP contribution is 2.14. The first kappa shape index (κ1) is 17.4. The van der Waals surface area contributed by atoms with Crippen molar-refractivity contribution in [1.82, 2.24) is 10.2 Å². The zero-order chi connectivity index (χ0) is 14.4. The zero-order valence-corrected chi connectivity index (χ0v) is 13.0. The van der Waals surface area contributed by atoms with Crippen LogP contribution in [0.5, 0.6) is 0 Å². The molecule has 1 amide bonds. The van der Waals surface area contributed by atoms with Gasteiger partial charge in [0.05, 0.1) is 6.54 Å². The minimum Gasteiger partial charge on any atom is -0.350 e. The molecule has 4 heteroatoms. The minimum atomic E-state index is -0.125. The van der Waals surface area contributed by atoms with Gasteiger partial charge in [-0.3, -0.25) is 9.69 Å². The Bertz CT molecular complexity index is 262. The highest BCUT2D eigenvalue weighted by molar-refractivity contribution is 5.78. The Kier molecular flexibility index (Phi) is 6.86. The Hall–Kier alpha value is -0.610. The second-order valence-corrected chi connectivity index (χ2v) is 6.46. The summed E-state index contributed by atoms with van der Waals surface area (Å²) in [5, 5.41) is 3.06. The maximum Gasteiger partial charge on any atom is 0.234 e. The lowest BCUT2D eigenvalue weighted by Crippen LogP contribution is -2.49. The topological polar surface area (TPSA) is 58.4 Å². The van der Waals surface area contributed by atoms with Crippen LogP contribution in [0.4, 0.5) is 0 Å². The third-order valence-corrected chi connectivity index (χ3v) is 3.38. The summed E-state index contributed by atoms with van der Waals surface area (Å²) in [5.41, 5.74) is 5.66. The lowest BCUT2D eigenvalue weighted by atomic mass is 9.93. The van der Waals surface area contributed by atoms with Crippen molar-refractivity contribution >= 4 is 5.91 Å². The molecule has 0 aliphatic carbocycles. The summed E-state index contributed by atoms with van der Waals surface area (Å²) in [6, 6.07) is 0. The van der Waals surface area contributed by atoms with Crippen LogP contribution in [-0.4, -0.2) is 42.5 Å². The molecule has 0 atom stereocenters. The summed E-state index contributed by atoms with van der Waals surface area (Å²) >= 11 is 0. The van der Waals surface area contributed by atoms with Gasteiger partial charge < -0.3 is 11.1 Å². The SMILES string of the molecule is CCN(CC(=O)NC(C)(C)CC)CC(C)(C)CN. The standard InChI is InChI=1S/C14H31N3O/c1-7-14(5,6)16-12(18)9-17(8-2)11-13(3,4)10-15/h7-11,15H2,1-6H3,(H,16,18). The second-order valence-electron chi connectivity index (χ2n) is 6.46. The van der Waals surface area contributed by atoms with Gasteiger partial charge in [-0.15, -0.1) is 0 Å². The van der Waals surface area contributed by atoms with E-state index in [0.717, 1.165) is 19.5 Å². The maximum atomic E-state index is 12.0. The van der Waals surface area contributed by atoms with Gasteiger partial charge in [-0.25, -0.2) is 0 Å². The van der Waals surface area contributed by atoms with Gasteiger partial charge in [0, 0.05) is 12.1 Å². The molecule has 0 aromatic heterocycles. The van der Waals surface area contributed by atoms with Crippen LogP contribution in [0.2, 0.25) is 0 Å². The molecule has 0 spiro atoms. The quantitative estimate of drug-likeness (QED) is 0.694. The van der Waals surface area contributed by atoms with E-state index in [0.29, 0.717) is 13.1 Å². The Morgan fingerprint density at radius 3 is 2.17 bits per heavy atom. The monoisotopic (exact) mass is 257 g/mol. The fourth-order valence-corrected chi connectivity index (χ4v) is 1.66. The first-order valence-corrected chi connectivity index (χ1v) is 6.89. The van der Waals surface area contributed by atoms with E-state index in [2.05, 4.69) is 37.9 Å². The first-order chi connectivity index (χ1) is 8.15. The van der Waals surface area contributed by atoms with Gasteiger partial charge in [0.25, 0.3) is 0 Å². The molecule has 0 aliphatic heterocycles. The molecule has 0 aromatic rings. The van der Waals surface area contributed by atoms with E-state index >= 15 is 0 Å². The molecule has 108 valence electrons. The van der Waals surface area contributed by atoms with E-state index in [-0.39, 0.29) is 16.9 Å². The smallest absolute Gasteiger partial charge is 0.234 e. The van der Waals surface area contributed by atoms with Crippen molar-refractivity contribution in [2.24, 2.45) is 11.1 Å². The fraction of sp³-hybridized carbons (Fsp3) is 0.929. The number of nitrogens with zero attached hydrogens (tertiary/aromatic N) is 1. The third-order valence-electron chi connectivity index (χ3n) is 3.38. The van der Waals surface area contributed by atoms with Gasteiger partial charge in [0.2, 0.25) is 5.91 Å². The Balaban J connectivity index is 4.34. The average molecular weight is 257 g/mol. The summed E-state index contributed by atoms with van der Waals surface area (Å²) in [7, 11) is 0. The summed E-state index contributed by atoms with van der Waals surface area (Å²) in [6.45, 7) is 15.3. The van der Waals surface area contributed by atoms with Gasteiger partial charge in [-0.1, -0.05) is 27.7 Å². The van der Waals surface area contributed by atoms with Gasteiger partial charge in [-0.2, -0.15) is 0 Å². The van der Waals surface area contributed by atoms with E-state index in [9.17, 15) is 4.79 Å². The number of carbonyl (C=O) groups is 1. The molecule has 0 fully saturated rings. The number of nitrogens with two attached hydrogens (primary N) is 1. The largest absolute Gasteiger partial charge is 0.350 e. The van der Waals surface area contributed by atoms with Gasteiger partial charge in [0.1, 0.15) is 0 Å². The van der Waals surface area contributed by atoms with Crippen molar-refractivity contribution in [2.75, 3.05) is 26.2 Å². The van der Waals surface area contributed by atoms with Crippen LogP contribution in [0, 0.1) is 5.41 Å². The molecule has 0 bridgehead atoms.